The molecule has 2 amide bonds. The van der Waals surface area contributed by atoms with Gasteiger partial charge in [0.25, 0.3) is 10.0 Å². The van der Waals surface area contributed by atoms with Gasteiger partial charge in [0.2, 0.25) is 0 Å². The first-order valence-corrected chi connectivity index (χ1v) is 12.4. The molecule has 4 aromatic rings. The van der Waals surface area contributed by atoms with E-state index in [-0.39, 0.29) is 16.3 Å². The van der Waals surface area contributed by atoms with Crippen LogP contribution >= 0.6 is 0 Å². The maximum atomic E-state index is 13.1. The van der Waals surface area contributed by atoms with E-state index in [9.17, 15) is 35.9 Å². The first-order chi connectivity index (χ1) is 17.9. The zero-order valence-electron chi connectivity index (χ0n) is 19.3. The van der Waals surface area contributed by atoms with Crippen molar-refractivity contribution in [3.05, 3.63) is 102 Å². The molecule has 0 aromatic heterocycles. The van der Waals surface area contributed by atoms with E-state index >= 15 is 0 Å². The fraction of sp³-hybridized carbons (Fsp3) is 0.0385. The van der Waals surface area contributed by atoms with Gasteiger partial charge in [-0.15, -0.1) is 0 Å². The SMILES string of the molecule is O=C(Nc1ccc(-c2ccc(C(F)(F)F)cc2)cc1)Nc1ccc(O)c(NS(=O)(=O)c2ccc(F)cc2)c1. The molecule has 0 spiro atoms. The van der Waals surface area contributed by atoms with E-state index in [1.165, 1.54) is 30.3 Å². The number of sulfonamides is 1. The van der Waals surface area contributed by atoms with Crippen molar-refractivity contribution >= 4 is 33.1 Å². The molecule has 0 aliphatic heterocycles. The van der Waals surface area contributed by atoms with Crippen LogP contribution in [0.3, 0.4) is 0 Å². The van der Waals surface area contributed by atoms with Crippen molar-refractivity contribution in [2.75, 3.05) is 15.4 Å². The molecule has 4 rings (SSSR count). The Bertz CT molecular complexity index is 1560. The highest BCUT2D eigenvalue weighted by Gasteiger charge is 2.30. The second-order valence-corrected chi connectivity index (χ2v) is 9.71. The maximum absolute atomic E-state index is 13.1. The second kappa shape index (κ2) is 10.4. The third-order valence-corrected chi connectivity index (χ3v) is 6.69. The molecule has 0 fully saturated rings. The van der Waals surface area contributed by atoms with E-state index in [0.29, 0.717) is 16.8 Å². The Morgan fingerprint density at radius 1 is 0.737 bits per heavy atom. The summed E-state index contributed by atoms with van der Waals surface area (Å²) in [5.74, 6) is -1.02. The second-order valence-electron chi connectivity index (χ2n) is 8.02. The molecular weight excluding hydrogens is 526 g/mol. The number of nitrogens with one attached hydrogen (secondary N) is 3. The molecule has 0 saturated heterocycles. The number of urea groups is 1. The van der Waals surface area contributed by atoms with Crippen LogP contribution in [0.1, 0.15) is 5.56 Å². The summed E-state index contributed by atoms with van der Waals surface area (Å²) >= 11 is 0. The lowest BCUT2D eigenvalue weighted by atomic mass is 10.0. The molecule has 0 aliphatic carbocycles. The summed E-state index contributed by atoms with van der Waals surface area (Å²) in [5, 5.41) is 15.1. The maximum Gasteiger partial charge on any atom is 0.416 e. The summed E-state index contributed by atoms with van der Waals surface area (Å²) in [7, 11) is -4.14. The number of carbonyl (C=O) groups is 1. The number of phenols is 1. The highest BCUT2D eigenvalue weighted by molar-refractivity contribution is 7.92. The van der Waals surface area contributed by atoms with Crippen LogP contribution in [-0.4, -0.2) is 19.6 Å². The smallest absolute Gasteiger partial charge is 0.416 e. The van der Waals surface area contributed by atoms with Crippen LogP contribution < -0.4 is 15.4 Å². The van der Waals surface area contributed by atoms with Crippen LogP contribution in [0.5, 0.6) is 5.75 Å². The number of hydrogen-bond acceptors (Lipinski definition) is 4. The number of alkyl halides is 3. The van der Waals surface area contributed by atoms with E-state index in [4.69, 9.17) is 0 Å². The summed E-state index contributed by atoms with van der Waals surface area (Å²) in [6, 6.07) is 18.2. The Kier molecular flexibility index (Phi) is 7.26. The summed E-state index contributed by atoms with van der Waals surface area (Å²) in [6.45, 7) is 0. The molecule has 7 nitrogen and oxygen atoms in total. The van der Waals surface area contributed by atoms with Crippen LogP contribution in [-0.2, 0) is 16.2 Å². The standard InChI is InChI=1S/C26H19F4N3O4S/c27-19-7-12-22(13-8-19)38(36,37)33-23-15-21(11-14-24(23)34)32-25(35)31-20-9-3-17(4-10-20)16-1-5-18(6-2-16)26(28,29)30/h1-15,33-34H,(H2,31,32,35). The topological polar surface area (TPSA) is 108 Å². The predicted octanol–water partition coefficient (Wildman–Crippen LogP) is 6.66. The largest absolute Gasteiger partial charge is 0.506 e. The Balaban J connectivity index is 1.41. The van der Waals surface area contributed by atoms with Gasteiger partial charge in [-0.2, -0.15) is 13.2 Å². The van der Waals surface area contributed by atoms with Crippen molar-refractivity contribution in [3.8, 4) is 16.9 Å². The zero-order valence-corrected chi connectivity index (χ0v) is 20.1. The van der Waals surface area contributed by atoms with Gasteiger partial charge in [-0.3, -0.25) is 4.72 Å². The fourth-order valence-electron chi connectivity index (χ4n) is 3.40. The third-order valence-electron chi connectivity index (χ3n) is 5.31. The number of anilines is 3. The first kappa shape index (κ1) is 26.5. The molecule has 0 aliphatic rings. The monoisotopic (exact) mass is 545 g/mol. The third kappa shape index (κ3) is 6.40. The lowest BCUT2D eigenvalue weighted by Gasteiger charge is -2.13. The number of aromatic hydroxyl groups is 1. The van der Waals surface area contributed by atoms with Gasteiger partial charge in [0.15, 0.2) is 0 Å². The van der Waals surface area contributed by atoms with E-state index in [1.54, 1.807) is 24.3 Å². The lowest BCUT2D eigenvalue weighted by Crippen LogP contribution is -2.19. The van der Waals surface area contributed by atoms with Gasteiger partial charge >= 0.3 is 12.2 Å². The highest BCUT2D eigenvalue weighted by atomic mass is 32.2. The van der Waals surface area contributed by atoms with E-state index in [2.05, 4.69) is 15.4 Å². The van der Waals surface area contributed by atoms with Gasteiger partial charge in [0.1, 0.15) is 11.6 Å². The fourth-order valence-corrected chi connectivity index (χ4v) is 4.47. The average Bonchev–Trinajstić information content (AvgIpc) is 2.86. The number of phenolic OH excluding ortho intramolecular Hbond substituents is 1. The predicted molar refractivity (Wildman–Crippen MR) is 135 cm³/mol. The van der Waals surface area contributed by atoms with Crippen molar-refractivity contribution < 1.29 is 35.9 Å². The molecule has 12 heteroatoms. The molecule has 0 heterocycles. The van der Waals surface area contributed by atoms with Gasteiger partial charge in [-0.25, -0.2) is 17.6 Å². The van der Waals surface area contributed by atoms with Gasteiger partial charge in [-0.1, -0.05) is 24.3 Å². The molecule has 196 valence electrons. The number of amides is 2. The van der Waals surface area contributed by atoms with Crippen LogP contribution in [0.25, 0.3) is 11.1 Å². The molecule has 4 N–H and O–H groups in total. The minimum absolute atomic E-state index is 0.151. The Hall–Kier alpha value is -4.58. The van der Waals surface area contributed by atoms with Crippen molar-refractivity contribution in [3.63, 3.8) is 0 Å². The average molecular weight is 546 g/mol. The normalized spacial score (nSPS) is 11.6. The first-order valence-electron chi connectivity index (χ1n) is 10.9. The Morgan fingerprint density at radius 3 is 1.84 bits per heavy atom. The highest BCUT2D eigenvalue weighted by Crippen LogP contribution is 2.32. The molecular formula is C26H19F4N3O4S. The zero-order chi connectivity index (χ0) is 27.5. The Morgan fingerprint density at radius 2 is 1.26 bits per heavy atom. The van der Waals surface area contributed by atoms with Crippen molar-refractivity contribution in [2.45, 2.75) is 11.1 Å². The molecule has 0 radical (unpaired) electrons. The van der Waals surface area contributed by atoms with Crippen molar-refractivity contribution in [1.29, 1.82) is 0 Å². The van der Waals surface area contributed by atoms with E-state index < -0.39 is 39.4 Å². The number of rotatable bonds is 6. The summed E-state index contributed by atoms with van der Waals surface area (Å²) in [6.07, 6.45) is -4.43. The van der Waals surface area contributed by atoms with Crippen LogP contribution in [0, 0.1) is 5.82 Å². The summed E-state index contributed by atoms with van der Waals surface area (Å²) in [5.41, 5.74) is 0.771. The number of carbonyl (C=O) groups excluding carboxylic acids is 1. The van der Waals surface area contributed by atoms with Crippen LogP contribution in [0.2, 0.25) is 0 Å². The number of hydrogen-bond donors (Lipinski definition) is 4. The molecule has 0 saturated carbocycles. The van der Waals surface area contributed by atoms with Gasteiger partial charge < -0.3 is 15.7 Å². The molecule has 0 bridgehead atoms. The van der Waals surface area contributed by atoms with Crippen molar-refractivity contribution in [2.24, 2.45) is 0 Å². The quantitative estimate of drug-likeness (QED) is 0.123. The van der Waals surface area contributed by atoms with Crippen LogP contribution in [0.4, 0.5) is 39.4 Å². The molecule has 4 aromatic carbocycles. The minimum atomic E-state index is -4.43. The lowest BCUT2D eigenvalue weighted by molar-refractivity contribution is -0.137. The Labute approximate surface area is 214 Å². The van der Waals surface area contributed by atoms with Gasteiger partial charge in [0, 0.05) is 11.4 Å². The number of halogens is 4. The molecule has 0 atom stereocenters. The molecule has 38 heavy (non-hydrogen) atoms. The van der Waals surface area contributed by atoms with Crippen molar-refractivity contribution in [1.82, 2.24) is 0 Å². The summed E-state index contributed by atoms with van der Waals surface area (Å²) < 4.78 is 78.6. The van der Waals surface area contributed by atoms with Crippen LogP contribution in [0.15, 0.2) is 95.9 Å². The van der Waals surface area contributed by atoms with Gasteiger partial charge in [-0.05, 0) is 77.9 Å². The van der Waals surface area contributed by atoms with E-state index in [1.807, 2.05) is 0 Å². The number of benzene rings is 4. The van der Waals surface area contributed by atoms with Gasteiger partial charge in [0.05, 0.1) is 16.1 Å². The van der Waals surface area contributed by atoms with E-state index in [0.717, 1.165) is 36.4 Å². The summed E-state index contributed by atoms with van der Waals surface area (Å²) in [4.78, 5) is 12.2. The molecule has 0 unspecified atom stereocenters. The minimum Gasteiger partial charge on any atom is -0.506 e.